The number of hydrogen-bond acceptors (Lipinski definition) is 6. The highest BCUT2D eigenvalue weighted by Crippen LogP contribution is 2.48. The molecule has 3 aromatic rings. The molecule has 3 heterocycles. The van der Waals surface area contributed by atoms with Crippen LogP contribution < -0.4 is 16.0 Å². The molecule has 2 aliphatic heterocycles. The summed E-state index contributed by atoms with van der Waals surface area (Å²) in [5, 5.41) is 10.8. The van der Waals surface area contributed by atoms with Gasteiger partial charge in [0.1, 0.15) is 0 Å². The molecule has 0 bridgehead atoms. The molecular weight excluding hydrogens is 442 g/mol. The van der Waals surface area contributed by atoms with Gasteiger partial charge in [-0.2, -0.15) is 0 Å². The fourth-order valence-electron chi connectivity index (χ4n) is 4.80. The first-order chi connectivity index (χ1) is 16.3. The summed E-state index contributed by atoms with van der Waals surface area (Å²) in [5.74, 6) is 1.32. The van der Waals surface area contributed by atoms with Gasteiger partial charge in [0.15, 0.2) is 0 Å². The quantitative estimate of drug-likeness (QED) is 0.483. The summed E-state index contributed by atoms with van der Waals surface area (Å²) in [6, 6.07) is 12.6. The number of rotatable bonds is 5. The van der Waals surface area contributed by atoms with Crippen LogP contribution in [0.2, 0.25) is 0 Å². The van der Waals surface area contributed by atoms with Crippen molar-refractivity contribution in [3.05, 3.63) is 53.7 Å². The Kier molecular flexibility index (Phi) is 6.25. The van der Waals surface area contributed by atoms with E-state index in [1.807, 2.05) is 12.3 Å². The van der Waals surface area contributed by atoms with E-state index >= 15 is 0 Å². The summed E-state index contributed by atoms with van der Waals surface area (Å²) in [4.78, 5) is 23.7. The number of amides is 1. The van der Waals surface area contributed by atoms with E-state index in [0.717, 1.165) is 53.1 Å². The minimum atomic E-state index is -0.134. The van der Waals surface area contributed by atoms with E-state index in [0.29, 0.717) is 11.9 Å². The predicted molar refractivity (Wildman–Crippen MR) is 140 cm³/mol. The van der Waals surface area contributed by atoms with E-state index in [1.54, 1.807) is 11.8 Å². The maximum absolute atomic E-state index is 13.0. The van der Waals surface area contributed by atoms with Gasteiger partial charge >= 0.3 is 0 Å². The minimum Gasteiger partial charge on any atom is -0.355 e. The number of anilines is 2. The Bertz CT molecular complexity index is 1220. The SMILES string of the molecule is CC1c2c(ccc3cnc(Nc4cccc(C(C)(C)C)c4)nc23)S[C@H]1C(=O)NCC1CCNC1. The van der Waals surface area contributed by atoms with E-state index in [2.05, 4.69) is 79.0 Å². The van der Waals surface area contributed by atoms with Crippen LogP contribution in [-0.2, 0) is 10.2 Å². The Morgan fingerprint density at radius 3 is 2.85 bits per heavy atom. The standard InChI is InChI=1S/C27H33N5OS/c1-16-22-21(34-24(16)25(33)29-14-17-10-11-28-13-17)9-8-18-15-30-26(32-23(18)22)31-20-7-5-6-19(12-20)27(2,3)4/h5-9,12,15-17,24,28H,10-11,13-14H2,1-4H3,(H,29,33)(H,30,31,32)/t16?,17?,24-/m1/s1. The van der Waals surface area contributed by atoms with Crippen LogP contribution in [0.15, 0.2) is 47.5 Å². The normalized spacial score (nSPS) is 22.1. The van der Waals surface area contributed by atoms with Crippen LogP contribution in [0.5, 0.6) is 0 Å². The zero-order valence-electron chi connectivity index (χ0n) is 20.3. The summed E-state index contributed by atoms with van der Waals surface area (Å²) in [6.07, 6.45) is 3.00. The Morgan fingerprint density at radius 1 is 1.24 bits per heavy atom. The Morgan fingerprint density at radius 2 is 2.09 bits per heavy atom. The molecule has 3 atom stereocenters. The lowest BCUT2D eigenvalue weighted by atomic mass is 9.87. The molecule has 178 valence electrons. The monoisotopic (exact) mass is 475 g/mol. The third-order valence-corrected chi connectivity index (χ3v) is 8.37. The molecule has 6 nitrogen and oxygen atoms in total. The number of aromatic nitrogens is 2. The van der Waals surface area contributed by atoms with Crippen molar-refractivity contribution in [2.45, 2.75) is 55.6 Å². The van der Waals surface area contributed by atoms with Crippen LogP contribution in [0.25, 0.3) is 10.9 Å². The van der Waals surface area contributed by atoms with Gasteiger partial charge in [-0.25, -0.2) is 9.97 Å². The highest BCUT2D eigenvalue weighted by Gasteiger charge is 2.37. The number of fused-ring (bicyclic) bond motifs is 3. The summed E-state index contributed by atoms with van der Waals surface area (Å²) < 4.78 is 0. The van der Waals surface area contributed by atoms with Gasteiger partial charge < -0.3 is 16.0 Å². The average molecular weight is 476 g/mol. The van der Waals surface area contributed by atoms with E-state index in [-0.39, 0.29) is 22.5 Å². The van der Waals surface area contributed by atoms with Crippen LogP contribution in [0, 0.1) is 5.92 Å². The molecule has 2 aliphatic rings. The Hall–Kier alpha value is -2.64. The number of benzene rings is 2. The van der Waals surface area contributed by atoms with Crippen molar-refractivity contribution in [2.75, 3.05) is 25.0 Å². The lowest BCUT2D eigenvalue weighted by molar-refractivity contribution is -0.120. The van der Waals surface area contributed by atoms with Crippen LogP contribution in [0.1, 0.15) is 51.2 Å². The van der Waals surface area contributed by atoms with Gasteiger partial charge in [0.05, 0.1) is 10.8 Å². The second-order valence-electron chi connectivity index (χ2n) is 10.5. The molecule has 3 N–H and O–H groups in total. The molecule has 0 saturated carbocycles. The molecule has 34 heavy (non-hydrogen) atoms. The number of carbonyl (C=O) groups excluding carboxylic acids is 1. The van der Waals surface area contributed by atoms with E-state index in [4.69, 9.17) is 4.98 Å². The van der Waals surface area contributed by atoms with Crippen LogP contribution in [0.3, 0.4) is 0 Å². The molecule has 0 spiro atoms. The van der Waals surface area contributed by atoms with E-state index in [9.17, 15) is 4.79 Å². The number of carbonyl (C=O) groups is 1. The lowest BCUT2D eigenvalue weighted by Crippen LogP contribution is -2.37. The molecule has 2 unspecified atom stereocenters. The zero-order chi connectivity index (χ0) is 23.9. The summed E-state index contributed by atoms with van der Waals surface area (Å²) in [7, 11) is 0. The molecule has 0 radical (unpaired) electrons. The fourth-order valence-corrected chi connectivity index (χ4v) is 6.16. The third-order valence-electron chi connectivity index (χ3n) is 6.89. The van der Waals surface area contributed by atoms with E-state index in [1.165, 1.54) is 5.56 Å². The molecule has 0 aliphatic carbocycles. The van der Waals surface area contributed by atoms with Crippen molar-refractivity contribution in [1.29, 1.82) is 0 Å². The van der Waals surface area contributed by atoms with Gasteiger partial charge in [0.25, 0.3) is 0 Å². The molecule has 1 saturated heterocycles. The van der Waals surface area contributed by atoms with Gasteiger partial charge in [0, 0.05) is 34.6 Å². The largest absolute Gasteiger partial charge is 0.355 e. The summed E-state index contributed by atoms with van der Waals surface area (Å²) in [5.41, 5.74) is 4.38. The maximum atomic E-state index is 13.0. The van der Waals surface area contributed by atoms with Crippen molar-refractivity contribution in [1.82, 2.24) is 20.6 Å². The fraction of sp³-hybridized carbons (Fsp3) is 0.444. The highest BCUT2D eigenvalue weighted by atomic mass is 32.2. The third kappa shape index (κ3) is 4.64. The van der Waals surface area contributed by atoms with Crippen molar-refractivity contribution in [2.24, 2.45) is 5.92 Å². The molecule has 1 aromatic heterocycles. The maximum Gasteiger partial charge on any atom is 0.234 e. The number of thioether (sulfide) groups is 1. The number of hydrogen-bond donors (Lipinski definition) is 3. The molecule has 1 amide bonds. The predicted octanol–water partition coefficient (Wildman–Crippen LogP) is 4.97. The van der Waals surface area contributed by atoms with Crippen molar-refractivity contribution in [3.63, 3.8) is 0 Å². The highest BCUT2D eigenvalue weighted by molar-refractivity contribution is 8.01. The van der Waals surface area contributed by atoms with Gasteiger partial charge in [-0.15, -0.1) is 11.8 Å². The van der Waals surface area contributed by atoms with Crippen molar-refractivity contribution < 1.29 is 4.79 Å². The van der Waals surface area contributed by atoms with Crippen LogP contribution in [-0.4, -0.2) is 40.8 Å². The smallest absolute Gasteiger partial charge is 0.234 e. The Labute approximate surface area is 205 Å². The van der Waals surface area contributed by atoms with Crippen molar-refractivity contribution >= 4 is 40.2 Å². The van der Waals surface area contributed by atoms with Gasteiger partial charge in [0.2, 0.25) is 11.9 Å². The minimum absolute atomic E-state index is 0.0687. The Balaban J connectivity index is 1.38. The molecule has 7 heteroatoms. The second-order valence-corrected chi connectivity index (χ2v) is 11.7. The average Bonchev–Trinajstić information content (AvgIpc) is 3.45. The summed E-state index contributed by atoms with van der Waals surface area (Å²) >= 11 is 1.66. The zero-order valence-corrected chi connectivity index (χ0v) is 21.1. The lowest BCUT2D eigenvalue weighted by Gasteiger charge is -2.20. The first kappa shape index (κ1) is 23.1. The van der Waals surface area contributed by atoms with Crippen LogP contribution in [0.4, 0.5) is 11.6 Å². The first-order valence-electron chi connectivity index (χ1n) is 12.1. The van der Waals surface area contributed by atoms with Gasteiger partial charge in [-0.05, 0) is 60.2 Å². The topological polar surface area (TPSA) is 78.9 Å². The van der Waals surface area contributed by atoms with Gasteiger partial charge in [-0.1, -0.05) is 45.9 Å². The molecular formula is C27H33N5OS. The summed E-state index contributed by atoms with van der Waals surface area (Å²) in [6.45, 7) is 11.5. The first-order valence-corrected chi connectivity index (χ1v) is 13.0. The van der Waals surface area contributed by atoms with Gasteiger partial charge in [-0.3, -0.25) is 4.79 Å². The van der Waals surface area contributed by atoms with Crippen LogP contribution >= 0.6 is 11.8 Å². The second kappa shape index (κ2) is 9.19. The molecule has 2 aromatic carbocycles. The molecule has 1 fully saturated rings. The molecule has 5 rings (SSSR count). The number of nitrogens with zero attached hydrogens (tertiary/aromatic N) is 2. The number of nitrogens with one attached hydrogen (secondary N) is 3. The van der Waals surface area contributed by atoms with E-state index < -0.39 is 0 Å². The van der Waals surface area contributed by atoms with Crippen molar-refractivity contribution in [3.8, 4) is 0 Å².